The van der Waals surface area contributed by atoms with Gasteiger partial charge in [-0.2, -0.15) is 0 Å². The van der Waals surface area contributed by atoms with Gasteiger partial charge >= 0.3 is 0 Å². The van der Waals surface area contributed by atoms with E-state index in [9.17, 15) is 13.2 Å². The van der Waals surface area contributed by atoms with Crippen molar-refractivity contribution in [1.29, 1.82) is 0 Å². The Morgan fingerprint density at radius 3 is 2.89 bits per heavy atom. The number of sulfone groups is 1. The molecule has 1 aliphatic rings. The molecule has 0 radical (unpaired) electrons. The van der Waals surface area contributed by atoms with Crippen LogP contribution in [0.1, 0.15) is 36.2 Å². The Hall–Kier alpha value is -0.950. The van der Waals surface area contributed by atoms with Crippen molar-refractivity contribution in [2.45, 2.75) is 37.0 Å². The Bertz CT molecular complexity index is 510. The molecule has 5 nitrogen and oxygen atoms in total. The zero-order chi connectivity index (χ0) is 13.2. The summed E-state index contributed by atoms with van der Waals surface area (Å²) in [6.45, 7) is 0. The number of nitrogens with one attached hydrogen (secondary N) is 1. The average Bonchev–Trinajstić information content (AvgIpc) is 2.81. The van der Waals surface area contributed by atoms with Gasteiger partial charge in [-0.15, -0.1) is 11.3 Å². The lowest BCUT2D eigenvalue weighted by Crippen LogP contribution is -2.41. The first-order valence-electron chi connectivity index (χ1n) is 5.84. The Morgan fingerprint density at radius 2 is 2.28 bits per heavy atom. The van der Waals surface area contributed by atoms with Gasteiger partial charge in [-0.1, -0.05) is 6.42 Å². The third-order valence-electron chi connectivity index (χ3n) is 3.23. The molecule has 0 saturated heterocycles. The molecule has 1 aliphatic carbocycles. The molecule has 1 saturated carbocycles. The van der Waals surface area contributed by atoms with Gasteiger partial charge in [-0.3, -0.25) is 4.79 Å². The van der Waals surface area contributed by atoms with E-state index in [1.54, 1.807) is 10.9 Å². The van der Waals surface area contributed by atoms with Crippen molar-refractivity contribution in [3.8, 4) is 0 Å². The molecule has 1 heterocycles. The van der Waals surface area contributed by atoms with Crippen LogP contribution in [0.4, 0.5) is 0 Å². The van der Waals surface area contributed by atoms with E-state index < -0.39 is 9.84 Å². The second-order valence-electron chi connectivity index (χ2n) is 4.66. The first kappa shape index (κ1) is 13.5. The third-order valence-corrected chi connectivity index (χ3v) is 5.46. The first-order valence-corrected chi connectivity index (χ1v) is 8.74. The van der Waals surface area contributed by atoms with Crippen molar-refractivity contribution in [3.63, 3.8) is 0 Å². The van der Waals surface area contributed by atoms with Crippen molar-refractivity contribution in [2.75, 3.05) is 6.26 Å². The van der Waals surface area contributed by atoms with Gasteiger partial charge in [-0.25, -0.2) is 13.4 Å². The fourth-order valence-electron chi connectivity index (χ4n) is 2.25. The van der Waals surface area contributed by atoms with Crippen LogP contribution in [0.25, 0.3) is 0 Å². The molecular weight excluding hydrogens is 272 g/mol. The number of thiazole rings is 1. The van der Waals surface area contributed by atoms with Gasteiger partial charge in [0, 0.05) is 17.7 Å². The van der Waals surface area contributed by atoms with E-state index in [1.165, 1.54) is 17.6 Å². The van der Waals surface area contributed by atoms with Gasteiger partial charge in [0.05, 0.1) is 10.8 Å². The zero-order valence-electron chi connectivity index (χ0n) is 10.1. The molecule has 18 heavy (non-hydrogen) atoms. The number of rotatable bonds is 3. The van der Waals surface area contributed by atoms with Crippen LogP contribution in [0.3, 0.4) is 0 Å². The van der Waals surface area contributed by atoms with Crippen molar-refractivity contribution >= 4 is 27.1 Å². The molecule has 2 atom stereocenters. The quantitative estimate of drug-likeness (QED) is 0.907. The summed E-state index contributed by atoms with van der Waals surface area (Å²) >= 11 is 1.37. The molecule has 0 aromatic carbocycles. The van der Waals surface area contributed by atoms with Gasteiger partial charge in [0.15, 0.2) is 0 Å². The van der Waals surface area contributed by atoms with E-state index in [2.05, 4.69) is 10.3 Å². The summed E-state index contributed by atoms with van der Waals surface area (Å²) in [6.07, 6.45) is 4.14. The van der Waals surface area contributed by atoms with Crippen molar-refractivity contribution in [1.82, 2.24) is 10.3 Å². The van der Waals surface area contributed by atoms with E-state index in [0.717, 1.165) is 12.8 Å². The lowest BCUT2D eigenvalue weighted by molar-refractivity contribution is 0.0923. The number of carbonyl (C=O) groups excluding carboxylic acids is 1. The van der Waals surface area contributed by atoms with E-state index in [-0.39, 0.29) is 17.2 Å². The minimum absolute atomic E-state index is 0.0623. The van der Waals surface area contributed by atoms with E-state index in [4.69, 9.17) is 0 Å². The molecular formula is C11H16N2O3S2. The highest BCUT2D eigenvalue weighted by Gasteiger charge is 2.29. The molecule has 1 aromatic heterocycles. The normalized spacial score (nSPS) is 24.7. The smallest absolute Gasteiger partial charge is 0.270 e. The monoisotopic (exact) mass is 288 g/mol. The fraction of sp³-hybridized carbons (Fsp3) is 0.636. The van der Waals surface area contributed by atoms with Crippen LogP contribution in [-0.4, -0.2) is 36.9 Å². The molecule has 0 spiro atoms. The van der Waals surface area contributed by atoms with Gasteiger partial charge < -0.3 is 5.32 Å². The van der Waals surface area contributed by atoms with E-state index in [1.807, 2.05) is 0 Å². The molecule has 0 bridgehead atoms. The Labute approximate surface area is 111 Å². The van der Waals surface area contributed by atoms with Crippen molar-refractivity contribution in [2.24, 2.45) is 0 Å². The van der Waals surface area contributed by atoms with Gasteiger partial charge in [0.25, 0.3) is 5.91 Å². The molecule has 1 fully saturated rings. The highest BCUT2D eigenvalue weighted by Crippen LogP contribution is 2.24. The third kappa shape index (κ3) is 3.29. The lowest BCUT2D eigenvalue weighted by Gasteiger charge is -2.28. The molecule has 7 heteroatoms. The molecule has 0 unspecified atom stereocenters. The summed E-state index contributed by atoms with van der Waals surface area (Å²) in [4.78, 5) is 15.8. The van der Waals surface area contributed by atoms with Crippen molar-refractivity contribution < 1.29 is 13.2 Å². The predicted molar refractivity (Wildman–Crippen MR) is 70.5 cm³/mol. The minimum atomic E-state index is -3.01. The van der Waals surface area contributed by atoms with Crippen LogP contribution in [0.5, 0.6) is 0 Å². The molecule has 1 amide bonds. The largest absolute Gasteiger partial charge is 0.348 e. The summed E-state index contributed by atoms with van der Waals surface area (Å²) in [5.74, 6) is -0.213. The SMILES string of the molecule is CS(=O)(=O)[C@H]1CCC[C@@H](NC(=O)c2cscn2)C1. The second kappa shape index (κ2) is 5.36. The lowest BCUT2D eigenvalue weighted by atomic mass is 9.95. The molecule has 2 rings (SSSR count). The second-order valence-corrected chi connectivity index (χ2v) is 7.71. The Morgan fingerprint density at radius 1 is 1.50 bits per heavy atom. The number of amides is 1. The van der Waals surface area contributed by atoms with E-state index >= 15 is 0 Å². The number of nitrogens with zero attached hydrogens (tertiary/aromatic N) is 1. The fourth-order valence-corrected chi connectivity index (χ4v) is 3.96. The number of aromatic nitrogens is 1. The van der Waals surface area contributed by atoms with Crippen LogP contribution in [-0.2, 0) is 9.84 Å². The maximum atomic E-state index is 11.8. The zero-order valence-corrected chi connectivity index (χ0v) is 11.8. The summed E-state index contributed by atoms with van der Waals surface area (Å²) < 4.78 is 23.0. The highest BCUT2D eigenvalue weighted by atomic mass is 32.2. The standard InChI is InChI=1S/C11H16N2O3S2/c1-18(15,16)9-4-2-3-8(5-9)13-11(14)10-6-17-7-12-10/h6-9H,2-5H2,1H3,(H,13,14)/t8-,9+/m1/s1. The van der Waals surface area contributed by atoms with Crippen molar-refractivity contribution in [3.05, 3.63) is 16.6 Å². The number of hydrogen-bond donors (Lipinski definition) is 1. The van der Waals surface area contributed by atoms with Crippen LogP contribution in [0, 0.1) is 0 Å². The average molecular weight is 288 g/mol. The molecule has 0 aliphatic heterocycles. The van der Waals surface area contributed by atoms with Gasteiger partial charge in [0.1, 0.15) is 15.5 Å². The summed E-state index contributed by atoms with van der Waals surface area (Å²) in [7, 11) is -3.01. The van der Waals surface area contributed by atoms with E-state index in [0.29, 0.717) is 18.5 Å². The summed E-state index contributed by atoms with van der Waals surface area (Å²) in [5.41, 5.74) is 2.01. The van der Waals surface area contributed by atoms with Crippen LogP contribution >= 0.6 is 11.3 Å². The Balaban J connectivity index is 1.96. The minimum Gasteiger partial charge on any atom is -0.348 e. The number of hydrogen-bond acceptors (Lipinski definition) is 5. The van der Waals surface area contributed by atoms with Crippen LogP contribution in [0.2, 0.25) is 0 Å². The van der Waals surface area contributed by atoms with Crippen LogP contribution < -0.4 is 5.32 Å². The summed E-state index contributed by atoms with van der Waals surface area (Å²) in [5, 5.41) is 4.22. The van der Waals surface area contributed by atoms with Crippen LogP contribution in [0.15, 0.2) is 10.9 Å². The summed E-state index contributed by atoms with van der Waals surface area (Å²) in [6, 6.07) is -0.0623. The highest BCUT2D eigenvalue weighted by molar-refractivity contribution is 7.91. The molecule has 1 N–H and O–H groups in total. The van der Waals surface area contributed by atoms with Gasteiger partial charge in [0.2, 0.25) is 0 Å². The predicted octanol–water partition coefficient (Wildman–Crippen LogP) is 1.23. The molecule has 100 valence electrons. The topological polar surface area (TPSA) is 76.1 Å². The Kier molecular flexibility index (Phi) is 4.01. The maximum absolute atomic E-state index is 11.8. The first-order chi connectivity index (χ1) is 8.47. The maximum Gasteiger partial charge on any atom is 0.270 e. The molecule has 1 aromatic rings. The number of carbonyl (C=O) groups is 1. The van der Waals surface area contributed by atoms with Gasteiger partial charge in [-0.05, 0) is 19.3 Å².